The van der Waals surface area contributed by atoms with Crippen molar-refractivity contribution in [2.24, 2.45) is 0 Å². The van der Waals surface area contributed by atoms with Gasteiger partial charge in [-0.2, -0.15) is 0 Å². The van der Waals surface area contributed by atoms with Crippen molar-refractivity contribution in [2.45, 2.75) is 94.8 Å². The fraction of sp³-hybridized carbons (Fsp3) is 0.238. The molecule has 3 heteroatoms. The summed E-state index contributed by atoms with van der Waals surface area (Å²) >= 11 is 0. The Hall–Kier alpha value is -6.42. The first-order chi connectivity index (χ1) is 32.1. The van der Waals surface area contributed by atoms with Crippen LogP contribution in [-0.2, 0) is 17.3 Å². The summed E-state index contributed by atoms with van der Waals surface area (Å²) in [6.45, 7) is 15.9. The van der Waals surface area contributed by atoms with E-state index in [1.165, 1.54) is 120 Å². The van der Waals surface area contributed by atoms with Crippen molar-refractivity contribution >= 4 is 48.2 Å². The van der Waals surface area contributed by atoms with Crippen molar-refractivity contribution < 1.29 is 0 Å². The number of benzene rings is 6. The van der Waals surface area contributed by atoms with Crippen LogP contribution in [-0.4, -0.2) is 14.1 Å². The average molecular weight is 873 g/mol. The van der Waals surface area contributed by atoms with Gasteiger partial charge in [-0.15, -0.1) is 0 Å². The number of hydrogen-bond donors (Lipinski definition) is 0. The van der Waals surface area contributed by atoms with E-state index in [1.807, 2.05) is 6.08 Å². The Kier molecular flexibility index (Phi) is 9.53. The number of anilines is 4. The number of fused-ring (bicyclic) bond motifs is 11. The molecule has 66 heavy (non-hydrogen) atoms. The van der Waals surface area contributed by atoms with Gasteiger partial charge in [0, 0.05) is 44.8 Å². The van der Waals surface area contributed by atoms with E-state index in [0.717, 1.165) is 12.8 Å². The molecule has 6 aromatic carbocycles. The van der Waals surface area contributed by atoms with E-state index in [2.05, 4.69) is 221 Å². The molecule has 0 amide bonds. The van der Waals surface area contributed by atoms with Crippen LogP contribution in [0.3, 0.4) is 0 Å². The summed E-state index contributed by atoms with van der Waals surface area (Å²) in [5.41, 5.74) is 23.1. The van der Waals surface area contributed by atoms with Gasteiger partial charge in [-0.3, -0.25) is 0 Å². The molecule has 6 aliphatic rings. The molecular weight excluding hydrogens is 813 g/mol. The molecule has 1 saturated heterocycles. The van der Waals surface area contributed by atoms with Gasteiger partial charge in [0.15, 0.2) is 0 Å². The van der Waals surface area contributed by atoms with Gasteiger partial charge in [0.2, 0.25) is 0 Å². The molecule has 0 N–H and O–H groups in total. The Morgan fingerprint density at radius 2 is 1.15 bits per heavy atom. The molecule has 0 aromatic heterocycles. The molecular formula is C63H60N2Si. The van der Waals surface area contributed by atoms with Crippen molar-refractivity contribution in [3.05, 3.63) is 221 Å². The van der Waals surface area contributed by atoms with E-state index in [4.69, 9.17) is 0 Å². The highest BCUT2D eigenvalue weighted by Gasteiger charge is 2.53. The Labute approximate surface area is 393 Å². The van der Waals surface area contributed by atoms with Crippen molar-refractivity contribution in [3.8, 4) is 22.3 Å². The molecule has 0 bridgehead atoms. The largest absolute Gasteiger partial charge is 0.334 e. The van der Waals surface area contributed by atoms with Gasteiger partial charge in [0.1, 0.15) is 0 Å². The maximum absolute atomic E-state index is 3.95. The molecule has 1 spiro atoms. The highest BCUT2D eigenvalue weighted by atomic mass is 28.3. The van der Waals surface area contributed by atoms with Crippen LogP contribution in [0.25, 0.3) is 34.4 Å². The summed E-state index contributed by atoms with van der Waals surface area (Å²) in [7, 11) is -1.66. The zero-order chi connectivity index (χ0) is 45.0. The molecule has 3 aliphatic heterocycles. The first-order valence-electron chi connectivity index (χ1n) is 24.5. The first-order valence-corrected chi connectivity index (χ1v) is 27.0. The lowest BCUT2D eigenvalue weighted by Gasteiger charge is -2.51. The molecule has 2 unspecified atom stereocenters. The number of hydrogen-bond acceptors (Lipinski definition) is 2. The van der Waals surface area contributed by atoms with E-state index in [1.54, 1.807) is 5.19 Å². The van der Waals surface area contributed by atoms with Gasteiger partial charge < -0.3 is 9.80 Å². The predicted octanol–water partition coefficient (Wildman–Crippen LogP) is 16.0. The van der Waals surface area contributed by atoms with Crippen LogP contribution in [0.2, 0.25) is 17.6 Å². The number of rotatable bonds is 6. The summed E-state index contributed by atoms with van der Waals surface area (Å²) in [6.07, 6.45) is 25.3. The quantitative estimate of drug-likeness (QED) is 0.0935. The van der Waals surface area contributed by atoms with Gasteiger partial charge in [-0.1, -0.05) is 199 Å². The minimum Gasteiger partial charge on any atom is -0.334 e. The maximum Gasteiger partial charge on any atom is 0.0986 e. The summed E-state index contributed by atoms with van der Waals surface area (Å²) in [4.78, 5) is 5.18. The van der Waals surface area contributed by atoms with Crippen LogP contribution < -0.4 is 15.0 Å². The maximum atomic E-state index is 3.95. The minimum atomic E-state index is -1.66. The van der Waals surface area contributed by atoms with Crippen molar-refractivity contribution in [1.29, 1.82) is 0 Å². The lowest BCUT2D eigenvalue weighted by molar-refractivity contribution is 0.659. The topological polar surface area (TPSA) is 6.48 Å². The monoisotopic (exact) mass is 872 g/mol. The Bertz CT molecular complexity index is 3160. The van der Waals surface area contributed by atoms with E-state index in [-0.39, 0.29) is 10.8 Å². The molecule has 0 radical (unpaired) electrons. The normalized spacial score (nSPS) is 21.1. The van der Waals surface area contributed by atoms with Gasteiger partial charge in [0.05, 0.1) is 14.1 Å². The highest BCUT2D eigenvalue weighted by molar-refractivity contribution is 6.95. The number of nitrogens with zero attached hydrogens (tertiary/aromatic N) is 2. The van der Waals surface area contributed by atoms with Gasteiger partial charge in [-0.25, -0.2) is 0 Å². The Morgan fingerprint density at radius 1 is 0.591 bits per heavy atom. The second-order valence-corrected chi connectivity index (χ2v) is 25.4. The second kappa shape index (κ2) is 15.3. The molecule has 2 atom stereocenters. The molecule has 12 rings (SSSR count). The van der Waals surface area contributed by atoms with Crippen molar-refractivity contribution in [2.75, 3.05) is 9.80 Å². The first kappa shape index (κ1) is 41.0. The summed E-state index contributed by atoms with van der Waals surface area (Å²) < 4.78 is 0. The third kappa shape index (κ3) is 6.12. The third-order valence-corrected chi connectivity index (χ3v) is 22.5. The summed E-state index contributed by atoms with van der Waals surface area (Å²) in [5, 5.41) is 1.68. The standard InChI is InChI=1S/C63H60N2Si/c1-7-8-17-45-28-29-46-18-9-10-19-57(46)64(42(45)2)47-30-34-51-49-32-26-43(38-53(49)62(3,4)55(51)40-47)24-25-44-27-33-50-52-35-31-48(41-56(52)63(5,6)54(50)39-44)65-58-20-11-13-22-60(58)66(36-15-16-37-66)61-23-14-12-21-59(61)65/h7-14,17-27,30-35,38-41,58,60H,1,15-16,28-29,36-37H2,2-6H3. The molecule has 1 fully saturated rings. The fourth-order valence-electron chi connectivity index (χ4n) is 13.3. The fourth-order valence-corrected chi connectivity index (χ4v) is 19.4. The van der Waals surface area contributed by atoms with Gasteiger partial charge in [-0.05, 0) is 128 Å². The SMILES string of the molecule is C=CC=CC1=C(C)N(c2ccc3c(c2)C(C)(C)c2cc(C=Cc4ccc5c(c4)C(C)(C)c4cc(N6c7ccccc7[Si]7(CCCC7)C7C=CC=CC76)ccc4-5)ccc2-3)c2ccccc2CC1. The minimum absolute atomic E-state index is 0.126. The molecule has 2 nitrogen and oxygen atoms in total. The molecule has 3 heterocycles. The predicted molar refractivity (Wildman–Crippen MR) is 285 cm³/mol. The second-order valence-electron chi connectivity index (χ2n) is 20.9. The lowest BCUT2D eigenvalue weighted by atomic mass is 9.81. The number of aryl methyl sites for hydroxylation is 1. The molecule has 6 aromatic rings. The van der Waals surface area contributed by atoms with Gasteiger partial charge in [0.25, 0.3) is 0 Å². The average Bonchev–Trinajstić information content (AvgIpc) is 3.95. The smallest absolute Gasteiger partial charge is 0.0986 e. The van der Waals surface area contributed by atoms with E-state index in [0.29, 0.717) is 11.6 Å². The highest BCUT2D eigenvalue weighted by Crippen LogP contribution is 2.55. The van der Waals surface area contributed by atoms with Crippen LogP contribution in [0.5, 0.6) is 0 Å². The van der Waals surface area contributed by atoms with Gasteiger partial charge >= 0.3 is 0 Å². The van der Waals surface area contributed by atoms with Crippen LogP contribution in [0.15, 0.2) is 182 Å². The summed E-state index contributed by atoms with van der Waals surface area (Å²) in [5.74, 6) is 0. The van der Waals surface area contributed by atoms with E-state index in [9.17, 15) is 0 Å². The zero-order valence-corrected chi connectivity index (χ0v) is 40.2. The van der Waals surface area contributed by atoms with E-state index < -0.39 is 8.07 Å². The van der Waals surface area contributed by atoms with Crippen LogP contribution >= 0.6 is 0 Å². The van der Waals surface area contributed by atoms with E-state index >= 15 is 0 Å². The number of para-hydroxylation sites is 2. The Balaban J connectivity index is 0.838. The van der Waals surface area contributed by atoms with Crippen LogP contribution in [0, 0.1) is 0 Å². The molecule has 3 aliphatic carbocycles. The van der Waals surface area contributed by atoms with Crippen molar-refractivity contribution in [3.63, 3.8) is 0 Å². The number of allylic oxidation sites excluding steroid dienone is 7. The third-order valence-electron chi connectivity index (χ3n) is 16.7. The van der Waals surface area contributed by atoms with Crippen LogP contribution in [0.1, 0.15) is 92.8 Å². The Morgan fingerprint density at radius 3 is 1.82 bits per heavy atom. The van der Waals surface area contributed by atoms with Crippen molar-refractivity contribution in [1.82, 2.24) is 0 Å². The summed E-state index contributed by atoms with van der Waals surface area (Å²) in [6, 6.07) is 50.3. The molecule has 326 valence electrons. The lowest BCUT2D eigenvalue weighted by Crippen LogP contribution is -2.61. The van der Waals surface area contributed by atoms with Crippen LogP contribution in [0.4, 0.5) is 22.7 Å². The zero-order valence-electron chi connectivity index (χ0n) is 39.2. The molecule has 0 saturated carbocycles.